The van der Waals surface area contributed by atoms with Gasteiger partial charge >= 0.3 is 0 Å². The van der Waals surface area contributed by atoms with Crippen LogP contribution in [0.1, 0.15) is 22.8 Å². The number of carbonyl (C=O) groups excluding carboxylic acids is 1. The van der Waals surface area contributed by atoms with E-state index in [1.165, 1.54) is 0 Å². The Kier molecular flexibility index (Phi) is 4.93. The van der Waals surface area contributed by atoms with Crippen molar-refractivity contribution in [2.75, 3.05) is 11.1 Å². The Morgan fingerprint density at radius 3 is 2.04 bits per heavy atom. The molecule has 1 amide bonds. The van der Waals surface area contributed by atoms with Crippen LogP contribution in [0.5, 0.6) is 0 Å². The minimum atomic E-state index is -0.205. The number of hydrogen-bond acceptors (Lipinski definition) is 4. The maximum absolute atomic E-state index is 12.1. The fraction of sp³-hybridized carbons (Fsp3) is 0.0625. The highest BCUT2D eigenvalue weighted by Gasteiger charge is 2.06. The highest BCUT2D eigenvalue weighted by Crippen LogP contribution is 2.13. The molecule has 0 aromatic heterocycles. The van der Waals surface area contributed by atoms with E-state index in [0.717, 1.165) is 5.56 Å². The first-order valence-corrected chi connectivity index (χ1v) is 6.86. The second-order valence-electron chi connectivity index (χ2n) is 4.86. The smallest absolute Gasteiger partial charge is 0.255 e. The predicted octanol–water partition coefficient (Wildman–Crippen LogP) is 1.52. The van der Waals surface area contributed by atoms with Crippen LogP contribution in [0.15, 0.2) is 58.7 Å². The summed E-state index contributed by atoms with van der Waals surface area (Å²) < 4.78 is 0. The number of carbonyl (C=O) groups is 1. The van der Waals surface area contributed by atoms with Crippen molar-refractivity contribution in [3.05, 3.63) is 59.7 Å². The molecule has 0 spiro atoms. The van der Waals surface area contributed by atoms with Gasteiger partial charge < -0.3 is 22.5 Å². The second kappa shape index (κ2) is 7.08. The van der Waals surface area contributed by atoms with Gasteiger partial charge in [-0.3, -0.25) is 4.79 Å². The Labute approximate surface area is 133 Å². The summed E-state index contributed by atoms with van der Waals surface area (Å²) in [4.78, 5) is 12.1. The lowest BCUT2D eigenvalue weighted by atomic mass is 10.1. The van der Waals surface area contributed by atoms with Crippen LogP contribution in [0.3, 0.4) is 0 Å². The lowest BCUT2D eigenvalue weighted by molar-refractivity contribution is 0.102. The predicted molar refractivity (Wildman–Crippen MR) is 93.3 cm³/mol. The average Bonchev–Trinajstić information content (AvgIpc) is 2.54. The molecule has 23 heavy (non-hydrogen) atoms. The van der Waals surface area contributed by atoms with Crippen molar-refractivity contribution in [2.24, 2.45) is 21.7 Å². The van der Waals surface area contributed by atoms with Gasteiger partial charge in [0.2, 0.25) is 5.96 Å². The summed E-state index contributed by atoms with van der Waals surface area (Å²) in [5.41, 5.74) is 19.4. The van der Waals surface area contributed by atoms with E-state index in [-0.39, 0.29) is 11.9 Å². The number of nitrogens with zero attached hydrogens (tertiary/aromatic N) is 2. The van der Waals surface area contributed by atoms with E-state index in [0.29, 0.717) is 22.6 Å². The lowest BCUT2D eigenvalue weighted by Gasteiger charge is -2.06. The molecule has 0 saturated carbocycles. The van der Waals surface area contributed by atoms with Crippen LogP contribution in [-0.4, -0.2) is 17.6 Å². The summed E-state index contributed by atoms with van der Waals surface area (Å²) >= 11 is 0. The number of nitrogens with two attached hydrogens (primary N) is 3. The molecule has 0 aliphatic rings. The zero-order valence-corrected chi connectivity index (χ0v) is 12.7. The monoisotopic (exact) mass is 310 g/mol. The van der Waals surface area contributed by atoms with Crippen molar-refractivity contribution in [1.29, 1.82) is 0 Å². The SMILES string of the molecule is CC(=NN=C(N)N)c1ccc(NC(=O)c2ccc(N)cc2)cc1. The minimum Gasteiger partial charge on any atom is -0.399 e. The first-order valence-electron chi connectivity index (χ1n) is 6.86. The standard InChI is InChI=1S/C16H18N6O/c1-10(21-22-16(18)19)11-4-8-14(9-5-11)20-15(23)12-2-6-13(17)7-3-12/h2-9H,17H2,1H3,(H,20,23)(H4,18,19,22). The van der Waals surface area contributed by atoms with Gasteiger partial charge in [0.1, 0.15) is 0 Å². The first-order chi connectivity index (χ1) is 11.0. The fourth-order valence-corrected chi connectivity index (χ4v) is 1.82. The zero-order chi connectivity index (χ0) is 16.8. The van der Waals surface area contributed by atoms with Gasteiger partial charge in [-0.1, -0.05) is 12.1 Å². The number of hydrogen-bond donors (Lipinski definition) is 4. The van der Waals surface area contributed by atoms with E-state index in [1.807, 2.05) is 12.1 Å². The fourth-order valence-electron chi connectivity index (χ4n) is 1.82. The van der Waals surface area contributed by atoms with E-state index in [9.17, 15) is 4.79 Å². The van der Waals surface area contributed by atoms with E-state index < -0.39 is 0 Å². The van der Waals surface area contributed by atoms with Crippen LogP contribution >= 0.6 is 0 Å². The quantitative estimate of drug-likeness (QED) is 0.295. The summed E-state index contributed by atoms with van der Waals surface area (Å²) in [7, 11) is 0. The molecule has 7 nitrogen and oxygen atoms in total. The molecule has 2 aromatic rings. The first kappa shape index (κ1) is 16.0. The van der Waals surface area contributed by atoms with E-state index in [2.05, 4.69) is 15.5 Å². The van der Waals surface area contributed by atoms with Crippen LogP contribution < -0.4 is 22.5 Å². The molecular weight excluding hydrogens is 292 g/mol. The summed E-state index contributed by atoms with van der Waals surface area (Å²) in [5.74, 6) is -0.305. The molecular formula is C16H18N6O. The number of rotatable bonds is 4. The highest BCUT2D eigenvalue weighted by molar-refractivity contribution is 6.05. The van der Waals surface area contributed by atoms with Gasteiger partial charge in [-0.25, -0.2) is 0 Å². The number of benzene rings is 2. The highest BCUT2D eigenvalue weighted by atomic mass is 16.1. The molecule has 0 aliphatic carbocycles. The molecule has 0 saturated heterocycles. The molecule has 7 N–H and O–H groups in total. The number of anilines is 2. The Balaban J connectivity index is 2.08. The third-order valence-corrected chi connectivity index (χ3v) is 3.05. The average molecular weight is 310 g/mol. The second-order valence-corrected chi connectivity index (χ2v) is 4.86. The van der Waals surface area contributed by atoms with Gasteiger partial charge in [-0.05, 0) is 48.9 Å². The van der Waals surface area contributed by atoms with Crippen molar-refractivity contribution in [3.63, 3.8) is 0 Å². The Hall–Kier alpha value is -3.35. The minimum absolute atomic E-state index is 0.100. The Morgan fingerprint density at radius 1 is 0.913 bits per heavy atom. The molecule has 118 valence electrons. The zero-order valence-electron chi connectivity index (χ0n) is 12.7. The summed E-state index contributed by atoms with van der Waals surface area (Å²) in [6.45, 7) is 1.79. The van der Waals surface area contributed by atoms with Gasteiger partial charge in [-0.2, -0.15) is 5.10 Å². The maximum atomic E-state index is 12.1. The molecule has 0 fully saturated rings. The third kappa shape index (κ3) is 4.57. The van der Waals surface area contributed by atoms with Crippen LogP contribution in [0, 0.1) is 0 Å². The molecule has 2 aromatic carbocycles. The molecule has 0 aliphatic heterocycles. The van der Waals surface area contributed by atoms with Crippen molar-refractivity contribution in [2.45, 2.75) is 6.92 Å². The molecule has 0 radical (unpaired) electrons. The number of guanidine groups is 1. The van der Waals surface area contributed by atoms with Crippen molar-refractivity contribution < 1.29 is 4.79 Å². The molecule has 7 heteroatoms. The maximum Gasteiger partial charge on any atom is 0.255 e. The van der Waals surface area contributed by atoms with Gasteiger partial charge in [0, 0.05) is 16.9 Å². The molecule has 0 bridgehead atoms. The number of nitrogen functional groups attached to an aromatic ring is 1. The normalized spacial score (nSPS) is 10.9. The molecule has 0 heterocycles. The summed E-state index contributed by atoms with van der Waals surface area (Å²) in [6, 6.07) is 13.9. The van der Waals surface area contributed by atoms with E-state index >= 15 is 0 Å². The summed E-state index contributed by atoms with van der Waals surface area (Å²) in [5, 5.41) is 10.3. The Bertz CT molecular complexity index is 743. The molecule has 0 unspecified atom stereocenters. The van der Waals surface area contributed by atoms with Crippen molar-refractivity contribution in [3.8, 4) is 0 Å². The van der Waals surface area contributed by atoms with Gasteiger partial charge in [0.15, 0.2) is 0 Å². The summed E-state index contributed by atoms with van der Waals surface area (Å²) in [6.07, 6.45) is 0. The lowest BCUT2D eigenvalue weighted by Crippen LogP contribution is -2.22. The topological polar surface area (TPSA) is 132 Å². The molecule has 0 atom stereocenters. The van der Waals surface area contributed by atoms with Crippen LogP contribution in [0.2, 0.25) is 0 Å². The number of amides is 1. The van der Waals surface area contributed by atoms with Gasteiger partial charge in [-0.15, -0.1) is 5.10 Å². The van der Waals surface area contributed by atoms with Crippen LogP contribution in [0.4, 0.5) is 11.4 Å². The van der Waals surface area contributed by atoms with E-state index in [1.54, 1.807) is 43.3 Å². The number of nitrogens with one attached hydrogen (secondary N) is 1. The molecule has 2 rings (SSSR count). The van der Waals surface area contributed by atoms with E-state index in [4.69, 9.17) is 17.2 Å². The van der Waals surface area contributed by atoms with Crippen molar-refractivity contribution in [1.82, 2.24) is 0 Å². The third-order valence-electron chi connectivity index (χ3n) is 3.05. The van der Waals surface area contributed by atoms with Crippen molar-refractivity contribution >= 4 is 29.0 Å². The largest absolute Gasteiger partial charge is 0.399 e. The van der Waals surface area contributed by atoms with Crippen LogP contribution in [0.25, 0.3) is 0 Å². The van der Waals surface area contributed by atoms with Gasteiger partial charge in [0.05, 0.1) is 5.71 Å². The Morgan fingerprint density at radius 2 is 1.48 bits per heavy atom. The van der Waals surface area contributed by atoms with Gasteiger partial charge in [0.25, 0.3) is 5.91 Å². The van der Waals surface area contributed by atoms with Crippen LogP contribution in [-0.2, 0) is 0 Å².